The molecule has 2 aliphatic rings. The van der Waals surface area contributed by atoms with E-state index in [4.69, 9.17) is 32.7 Å². The molecule has 1 amide bonds. The lowest BCUT2D eigenvalue weighted by atomic mass is 9.66. The van der Waals surface area contributed by atoms with Crippen LogP contribution in [0.3, 0.4) is 0 Å². The first kappa shape index (κ1) is 31.5. The van der Waals surface area contributed by atoms with E-state index in [0.29, 0.717) is 34.4 Å². The lowest BCUT2D eigenvalue weighted by Crippen LogP contribution is -2.51. The zero-order chi connectivity index (χ0) is 31.1. The minimum atomic E-state index is -1.78. The molecule has 9 heteroatoms. The van der Waals surface area contributed by atoms with E-state index >= 15 is 4.39 Å². The first-order valence-electron chi connectivity index (χ1n) is 14.5. The van der Waals surface area contributed by atoms with Crippen LogP contribution in [0.2, 0.25) is 10.0 Å². The number of hydrogen-bond acceptors (Lipinski definition) is 4. The van der Waals surface area contributed by atoms with Gasteiger partial charge in [-0.05, 0) is 85.0 Å². The third-order valence-electron chi connectivity index (χ3n) is 9.62. The maximum Gasteiger partial charge on any atom is 0.308 e. The second kappa shape index (κ2) is 12.2. The fourth-order valence-corrected chi connectivity index (χ4v) is 7.21. The van der Waals surface area contributed by atoms with Gasteiger partial charge in [0.2, 0.25) is 0 Å². The summed E-state index contributed by atoms with van der Waals surface area (Å²) in [5, 5.41) is 11.2. The summed E-state index contributed by atoms with van der Waals surface area (Å²) in [5.74, 6) is -3.08. The van der Waals surface area contributed by atoms with Crippen LogP contribution in [0.5, 0.6) is 0 Å². The summed E-state index contributed by atoms with van der Waals surface area (Å²) in [5.41, 5.74) is -0.302. The zero-order valence-corrected chi connectivity index (χ0v) is 26.2. The van der Waals surface area contributed by atoms with E-state index < -0.39 is 40.8 Å². The van der Waals surface area contributed by atoms with E-state index in [1.54, 1.807) is 54.6 Å². The molecular formula is C34H36Cl2FNO5. The molecule has 3 aromatic rings. The summed E-state index contributed by atoms with van der Waals surface area (Å²) in [6.07, 6.45) is 2.42. The first-order valence-corrected chi connectivity index (χ1v) is 15.3. The van der Waals surface area contributed by atoms with Crippen molar-refractivity contribution in [2.45, 2.75) is 57.2 Å². The third kappa shape index (κ3) is 5.24. The number of carbonyl (C=O) groups excluding carboxylic acids is 1. The molecule has 2 unspecified atom stereocenters. The molecule has 43 heavy (non-hydrogen) atoms. The van der Waals surface area contributed by atoms with Crippen LogP contribution in [0.1, 0.15) is 78.7 Å². The van der Waals surface area contributed by atoms with Gasteiger partial charge in [0.25, 0.3) is 5.91 Å². The number of halogens is 3. The second-order valence-corrected chi connectivity index (χ2v) is 12.6. The minimum Gasteiger partial charge on any atom is -0.481 e. The Morgan fingerprint density at radius 3 is 2.23 bits per heavy atom. The number of carboxylic acid groups (broad SMARTS) is 1. The number of fused-ring (bicyclic) bond motifs is 1. The Kier molecular flexibility index (Phi) is 8.92. The predicted octanol–water partition coefficient (Wildman–Crippen LogP) is 7.99. The van der Waals surface area contributed by atoms with Crippen molar-refractivity contribution in [2.75, 3.05) is 20.3 Å². The summed E-state index contributed by atoms with van der Waals surface area (Å²) in [6, 6.07) is 15.6. The van der Waals surface area contributed by atoms with Crippen molar-refractivity contribution < 1.29 is 28.6 Å². The molecule has 6 nitrogen and oxygen atoms in total. The zero-order valence-electron chi connectivity index (χ0n) is 24.7. The van der Waals surface area contributed by atoms with Gasteiger partial charge >= 0.3 is 5.97 Å². The molecule has 0 aliphatic carbocycles. The molecule has 3 aromatic carbocycles. The number of nitrogens with zero attached hydrogens (tertiary/aromatic N) is 1. The number of benzene rings is 3. The van der Waals surface area contributed by atoms with Gasteiger partial charge in [0.1, 0.15) is 5.82 Å². The lowest BCUT2D eigenvalue weighted by molar-refractivity contribution is -0.149. The van der Waals surface area contributed by atoms with Gasteiger partial charge in [0.15, 0.2) is 5.72 Å². The molecule has 1 N–H and O–H groups in total. The van der Waals surface area contributed by atoms with Crippen LogP contribution in [0.15, 0.2) is 60.7 Å². The van der Waals surface area contributed by atoms with E-state index in [1.165, 1.54) is 25.0 Å². The van der Waals surface area contributed by atoms with Crippen LogP contribution < -0.4 is 0 Å². The number of amides is 1. The van der Waals surface area contributed by atoms with Crippen LogP contribution >= 0.6 is 23.2 Å². The van der Waals surface area contributed by atoms with E-state index in [-0.39, 0.29) is 17.0 Å². The van der Waals surface area contributed by atoms with Gasteiger partial charge < -0.3 is 14.6 Å². The van der Waals surface area contributed by atoms with Crippen molar-refractivity contribution in [2.24, 2.45) is 11.8 Å². The molecule has 2 heterocycles. The van der Waals surface area contributed by atoms with Gasteiger partial charge in [0, 0.05) is 35.9 Å². The summed E-state index contributed by atoms with van der Waals surface area (Å²) in [4.78, 5) is 28.7. The number of aliphatic carboxylic acids is 1. The fraction of sp³-hybridized carbons (Fsp3) is 0.412. The van der Waals surface area contributed by atoms with Crippen LogP contribution in [-0.4, -0.2) is 42.2 Å². The monoisotopic (exact) mass is 627 g/mol. The smallest absolute Gasteiger partial charge is 0.308 e. The SMILES string of the molecule is CC[C@@](C)(c1cc(F)c2c(c1)C(=O)N(C(c1ccc(Cl)cc1)[C@H](C)C(=O)O)C2(OC)c1ccc(Cl)cc1)C1CCOCC1. The Morgan fingerprint density at radius 2 is 1.70 bits per heavy atom. The van der Waals surface area contributed by atoms with Gasteiger partial charge in [-0.1, -0.05) is 61.3 Å². The summed E-state index contributed by atoms with van der Waals surface area (Å²) in [6.45, 7) is 7.00. The topological polar surface area (TPSA) is 76.1 Å². The molecule has 0 spiro atoms. The number of rotatable bonds is 9. The molecule has 0 saturated carbocycles. The summed E-state index contributed by atoms with van der Waals surface area (Å²) < 4.78 is 28.6. The van der Waals surface area contributed by atoms with Crippen molar-refractivity contribution in [1.82, 2.24) is 4.90 Å². The Bertz CT molecular complexity index is 1510. The number of ether oxygens (including phenoxy) is 2. The van der Waals surface area contributed by atoms with Gasteiger partial charge in [-0.2, -0.15) is 0 Å². The Balaban J connectivity index is 1.79. The molecule has 1 saturated heterocycles. The quantitative estimate of drug-likeness (QED) is 0.260. The van der Waals surface area contributed by atoms with Crippen LogP contribution in [-0.2, 0) is 25.4 Å². The van der Waals surface area contributed by atoms with Gasteiger partial charge in [0.05, 0.1) is 23.1 Å². The number of hydrogen-bond donors (Lipinski definition) is 1. The first-order chi connectivity index (χ1) is 20.5. The van der Waals surface area contributed by atoms with Crippen molar-refractivity contribution in [3.05, 3.63) is 104 Å². The molecule has 0 radical (unpaired) electrons. The van der Waals surface area contributed by atoms with E-state index in [9.17, 15) is 14.7 Å². The molecule has 4 atom stereocenters. The highest BCUT2D eigenvalue weighted by Crippen LogP contribution is 2.53. The molecular weight excluding hydrogens is 592 g/mol. The summed E-state index contributed by atoms with van der Waals surface area (Å²) in [7, 11) is 1.40. The molecule has 0 bridgehead atoms. The predicted molar refractivity (Wildman–Crippen MR) is 164 cm³/mol. The highest BCUT2D eigenvalue weighted by atomic mass is 35.5. The van der Waals surface area contributed by atoms with E-state index in [2.05, 4.69) is 13.8 Å². The van der Waals surface area contributed by atoms with Gasteiger partial charge in [-0.25, -0.2) is 4.39 Å². The maximum absolute atomic E-state index is 16.8. The Morgan fingerprint density at radius 1 is 1.12 bits per heavy atom. The Labute approximate surface area is 261 Å². The Hall–Kier alpha value is -2.97. The standard InChI is InChI=1S/C34H36Cl2FNO5/c1-5-33(3,22-14-16-43-17-15-22)24-18-27-29(28(37)19-24)34(42-4,23-8-12-26(36)13-9-23)38(31(27)39)30(20(2)32(40)41)21-6-10-25(35)11-7-21/h6-13,18-20,22,30H,5,14-17H2,1-4H3,(H,40,41)/t20-,30?,33+,34?/m0/s1. The van der Waals surface area contributed by atoms with Crippen LogP contribution in [0.4, 0.5) is 4.39 Å². The van der Waals surface area contributed by atoms with Crippen molar-refractivity contribution >= 4 is 35.1 Å². The minimum absolute atomic E-state index is 0.0491. The highest BCUT2D eigenvalue weighted by Gasteiger charge is 2.58. The van der Waals surface area contributed by atoms with Crippen LogP contribution in [0.25, 0.3) is 0 Å². The van der Waals surface area contributed by atoms with E-state index in [0.717, 1.165) is 24.8 Å². The molecule has 228 valence electrons. The number of carbonyl (C=O) groups is 2. The van der Waals surface area contributed by atoms with Crippen molar-refractivity contribution in [3.63, 3.8) is 0 Å². The number of methoxy groups -OCH3 is 1. The van der Waals surface area contributed by atoms with Crippen LogP contribution in [0, 0.1) is 17.7 Å². The maximum atomic E-state index is 16.8. The average molecular weight is 629 g/mol. The third-order valence-corrected chi connectivity index (χ3v) is 10.1. The highest BCUT2D eigenvalue weighted by molar-refractivity contribution is 6.30. The number of carboxylic acids is 1. The molecule has 0 aromatic heterocycles. The largest absolute Gasteiger partial charge is 0.481 e. The van der Waals surface area contributed by atoms with E-state index in [1.807, 2.05) is 0 Å². The van der Waals surface area contributed by atoms with Gasteiger partial charge in [-0.3, -0.25) is 14.5 Å². The summed E-state index contributed by atoms with van der Waals surface area (Å²) >= 11 is 12.4. The molecule has 1 fully saturated rings. The fourth-order valence-electron chi connectivity index (χ4n) is 6.96. The average Bonchev–Trinajstić information content (AvgIpc) is 3.27. The lowest BCUT2D eigenvalue weighted by Gasteiger charge is -2.44. The molecule has 2 aliphatic heterocycles. The van der Waals surface area contributed by atoms with Crippen molar-refractivity contribution in [3.8, 4) is 0 Å². The van der Waals surface area contributed by atoms with Gasteiger partial charge in [-0.15, -0.1) is 0 Å². The molecule has 5 rings (SSSR count). The van der Waals surface area contributed by atoms with Crippen molar-refractivity contribution in [1.29, 1.82) is 0 Å². The second-order valence-electron chi connectivity index (χ2n) is 11.7. The normalized spacial score (nSPS) is 21.7.